The fraction of sp³-hybridized carbons (Fsp3) is 0.333. The molecule has 0 aliphatic heterocycles. The van der Waals surface area contributed by atoms with Gasteiger partial charge in [0.1, 0.15) is 6.04 Å². The maximum absolute atomic E-state index is 11.9. The molecule has 0 radical (unpaired) electrons. The summed E-state index contributed by atoms with van der Waals surface area (Å²) in [5.41, 5.74) is 0.545. The van der Waals surface area contributed by atoms with E-state index in [-0.39, 0.29) is 12.3 Å². The SMILES string of the molecule is CC(=O)NC[C@@H](NS(=O)(=O)Cc1ccccc1)C(=O)O. The first-order chi connectivity index (χ1) is 9.30. The molecule has 1 atom stereocenters. The van der Waals surface area contributed by atoms with Gasteiger partial charge < -0.3 is 10.4 Å². The van der Waals surface area contributed by atoms with Gasteiger partial charge in [-0.25, -0.2) is 8.42 Å². The minimum Gasteiger partial charge on any atom is -0.480 e. The maximum atomic E-state index is 11.9. The molecular weight excluding hydrogens is 284 g/mol. The summed E-state index contributed by atoms with van der Waals surface area (Å²) in [6.07, 6.45) is 0. The number of carbonyl (C=O) groups is 2. The van der Waals surface area contributed by atoms with Crippen molar-refractivity contribution >= 4 is 21.9 Å². The highest BCUT2D eigenvalue weighted by Gasteiger charge is 2.24. The predicted molar refractivity (Wildman–Crippen MR) is 72.3 cm³/mol. The molecule has 0 bridgehead atoms. The Morgan fingerprint density at radius 1 is 1.25 bits per heavy atom. The monoisotopic (exact) mass is 300 g/mol. The summed E-state index contributed by atoms with van der Waals surface area (Å²) in [7, 11) is -3.81. The lowest BCUT2D eigenvalue weighted by atomic mass is 10.2. The van der Waals surface area contributed by atoms with Gasteiger partial charge in [0.15, 0.2) is 0 Å². The second-order valence-corrected chi connectivity index (χ2v) is 5.94. The van der Waals surface area contributed by atoms with E-state index in [9.17, 15) is 18.0 Å². The highest BCUT2D eigenvalue weighted by atomic mass is 32.2. The van der Waals surface area contributed by atoms with Gasteiger partial charge in [0.25, 0.3) is 0 Å². The summed E-state index contributed by atoms with van der Waals surface area (Å²) < 4.78 is 25.8. The Balaban J connectivity index is 2.71. The number of carboxylic acids is 1. The van der Waals surface area contributed by atoms with Gasteiger partial charge in [0, 0.05) is 13.5 Å². The molecule has 1 aromatic carbocycles. The quantitative estimate of drug-likeness (QED) is 0.639. The number of carboxylic acid groups (broad SMARTS) is 1. The van der Waals surface area contributed by atoms with Gasteiger partial charge in [0.05, 0.1) is 5.75 Å². The number of hydrogen-bond acceptors (Lipinski definition) is 4. The Kier molecular flexibility index (Phi) is 5.66. The molecule has 0 aliphatic carbocycles. The average molecular weight is 300 g/mol. The molecule has 1 aromatic rings. The molecule has 1 rings (SSSR count). The van der Waals surface area contributed by atoms with Gasteiger partial charge in [-0.3, -0.25) is 9.59 Å². The third-order valence-corrected chi connectivity index (χ3v) is 3.73. The number of nitrogens with one attached hydrogen (secondary N) is 2. The van der Waals surface area contributed by atoms with Gasteiger partial charge in [-0.1, -0.05) is 30.3 Å². The maximum Gasteiger partial charge on any atom is 0.323 e. The highest BCUT2D eigenvalue weighted by Crippen LogP contribution is 2.04. The molecule has 0 spiro atoms. The van der Waals surface area contributed by atoms with Crippen molar-refractivity contribution < 1.29 is 23.1 Å². The zero-order valence-electron chi connectivity index (χ0n) is 10.9. The number of aliphatic carboxylic acids is 1. The third kappa shape index (κ3) is 5.81. The normalized spacial score (nSPS) is 12.7. The zero-order chi connectivity index (χ0) is 15.2. The van der Waals surface area contributed by atoms with Crippen LogP contribution in [0.25, 0.3) is 0 Å². The fourth-order valence-electron chi connectivity index (χ4n) is 1.48. The van der Waals surface area contributed by atoms with Crippen LogP contribution in [-0.2, 0) is 25.4 Å². The van der Waals surface area contributed by atoms with Gasteiger partial charge in [-0.2, -0.15) is 4.72 Å². The average Bonchev–Trinajstić information content (AvgIpc) is 2.34. The van der Waals surface area contributed by atoms with Crippen molar-refractivity contribution in [3.05, 3.63) is 35.9 Å². The first kappa shape index (κ1) is 16.1. The smallest absolute Gasteiger partial charge is 0.323 e. The summed E-state index contributed by atoms with van der Waals surface area (Å²) in [5.74, 6) is -2.11. The standard InChI is InChI=1S/C12H16N2O5S/c1-9(15)13-7-11(12(16)17)14-20(18,19)8-10-5-3-2-4-6-10/h2-6,11,14H,7-8H2,1H3,(H,13,15)(H,16,17)/t11-/m1/s1. The summed E-state index contributed by atoms with van der Waals surface area (Å²) in [4.78, 5) is 21.7. The summed E-state index contributed by atoms with van der Waals surface area (Å²) in [5, 5.41) is 11.2. The second kappa shape index (κ2) is 7.01. The Morgan fingerprint density at radius 2 is 1.85 bits per heavy atom. The fourth-order valence-corrected chi connectivity index (χ4v) is 2.81. The van der Waals surface area contributed by atoms with Gasteiger partial charge in [-0.15, -0.1) is 0 Å². The largest absolute Gasteiger partial charge is 0.480 e. The molecule has 0 aromatic heterocycles. The lowest BCUT2D eigenvalue weighted by molar-refractivity contribution is -0.138. The number of hydrogen-bond donors (Lipinski definition) is 3. The van der Waals surface area contributed by atoms with Crippen molar-refractivity contribution in [3.63, 3.8) is 0 Å². The van der Waals surface area contributed by atoms with Crippen molar-refractivity contribution in [1.82, 2.24) is 10.0 Å². The van der Waals surface area contributed by atoms with E-state index in [0.29, 0.717) is 5.56 Å². The number of benzene rings is 1. The number of rotatable bonds is 7. The summed E-state index contributed by atoms with van der Waals surface area (Å²) in [6, 6.07) is 6.99. The lowest BCUT2D eigenvalue weighted by Crippen LogP contribution is -2.48. The molecule has 110 valence electrons. The van der Waals surface area contributed by atoms with E-state index < -0.39 is 27.9 Å². The first-order valence-corrected chi connectivity index (χ1v) is 7.46. The van der Waals surface area contributed by atoms with Crippen LogP contribution in [0.5, 0.6) is 0 Å². The molecule has 0 aliphatic rings. The minimum atomic E-state index is -3.81. The molecule has 0 saturated carbocycles. The minimum absolute atomic E-state index is 0.307. The molecule has 0 heterocycles. The molecule has 1 amide bonds. The molecule has 7 nitrogen and oxygen atoms in total. The third-order valence-electron chi connectivity index (χ3n) is 2.37. The van der Waals surface area contributed by atoms with Crippen molar-refractivity contribution in [1.29, 1.82) is 0 Å². The van der Waals surface area contributed by atoms with Crippen LogP contribution in [0.15, 0.2) is 30.3 Å². The molecule has 3 N–H and O–H groups in total. The van der Waals surface area contributed by atoms with Crippen molar-refractivity contribution in [2.45, 2.75) is 18.7 Å². The zero-order valence-corrected chi connectivity index (χ0v) is 11.7. The topological polar surface area (TPSA) is 113 Å². The van der Waals surface area contributed by atoms with Gasteiger partial charge in [0.2, 0.25) is 15.9 Å². The molecule has 0 saturated heterocycles. The van der Waals surface area contributed by atoms with E-state index in [1.807, 2.05) is 0 Å². The first-order valence-electron chi connectivity index (χ1n) is 5.81. The van der Waals surface area contributed by atoms with Crippen LogP contribution >= 0.6 is 0 Å². The van der Waals surface area contributed by atoms with E-state index in [2.05, 4.69) is 10.0 Å². The summed E-state index contributed by atoms with van der Waals surface area (Å²) in [6.45, 7) is 0.913. The van der Waals surface area contributed by atoms with Crippen LogP contribution in [0.4, 0.5) is 0 Å². The number of carbonyl (C=O) groups excluding carboxylic acids is 1. The molecule has 0 fully saturated rings. The predicted octanol–water partition coefficient (Wildman–Crippen LogP) is -0.305. The number of sulfonamides is 1. The van der Waals surface area contributed by atoms with E-state index in [1.165, 1.54) is 6.92 Å². The van der Waals surface area contributed by atoms with Crippen LogP contribution in [0.2, 0.25) is 0 Å². The Hall–Kier alpha value is -1.93. The lowest BCUT2D eigenvalue weighted by Gasteiger charge is -2.15. The second-order valence-electron chi connectivity index (χ2n) is 4.19. The Bertz CT molecular complexity index is 571. The molecule has 0 unspecified atom stereocenters. The van der Waals surface area contributed by atoms with Crippen LogP contribution in [0, 0.1) is 0 Å². The Labute approximate surface area is 117 Å². The van der Waals surface area contributed by atoms with E-state index in [0.717, 1.165) is 0 Å². The van der Waals surface area contributed by atoms with Crippen LogP contribution in [0.3, 0.4) is 0 Å². The molecule has 20 heavy (non-hydrogen) atoms. The highest BCUT2D eigenvalue weighted by molar-refractivity contribution is 7.88. The number of amides is 1. The van der Waals surface area contributed by atoms with Crippen LogP contribution < -0.4 is 10.0 Å². The van der Waals surface area contributed by atoms with Crippen LogP contribution in [-0.4, -0.2) is 38.0 Å². The Morgan fingerprint density at radius 3 is 2.35 bits per heavy atom. The van der Waals surface area contributed by atoms with Crippen molar-refractivity contribution in [2.75, 3.05) is 6.54 Å². The molecule has 8 heteroatoms. The molecular formula is C12H16N2O5S. The van der Waals surface area contributed by atoms with Crippen LogP contribution in [0.1, 0.15) is 12.5 Å². The van der Waals surface area contributed by atoms with E-state index >= 15 is 0 Å². The van der Waals surface area contributed by atoms with E-state index in [1.54, 1.807) is 30.3 Å². The van der Waals surface area contributed by atoms with E-state index in [4.69, 9.17) is 5.11 Å². The van der Waals surface area contributed by atoms with Gasteiger partial charge in [-0.05, 0) is 5.56 Å². The van der Waals surface area contributed by atoms with Crippen molar-refractivity contribution in [3.8, 4) is 0 Å². The summed E-state index contributed by atoms with van der Waals surface area (Å²) >= 11 is 0. The van der Waals surface area contributed by atoms with Crippen molar-refractivity contribution in [2.24, 2.45) is 0 Å². The van der Waals surface area contributed by atoms with Gasteiger partial charge >= 0.3 is 5.97 Å².